The van der Waals surface area contributed by atoms with Crippen LogP contribution in [0.1, 0.15) is 30.0 Å². The van der Waals surface area contributed by atoms with Gasteiger partial charge in [-0.2, -0.15) is 0 Å². The predicted molar refractivity (Wildman–Crippen MR) is 144 cm³/mol. The number of hydrogen-bond donors (Lipinski definition) is 3. The number of ether oxygens (including phenoxy) is 2. The summed E-state index contributed by atoms with van der Waals surface area (Å²) < 4.78 is 11.8. The van der Waals surface area contributed by atoms with Gasteiger partial charge in [0.25, 0.3) is 5.91 Å². The molecule has 38 heavy (non-hydrogen) atoms. The quantitative estimate of drug-likeness (QED) is 0.108. The lowest BCUT2D eigenvalue weighted by Gasteiger charge is -2.28. The van der Waals surface area contributed by atoms with Gasteiger partial charge in [0.1, 0.15) is 11.9 Å². The molecule has 3 aromatic carbocycles. The largest absolute Gasteiger partial charge is 0.494 e. The smallest absolute Gasteiger partial charge is 0.266 e. The second-order valence-corrected chi connectivity index (χ2v) is 8.84. The van der Waals surface area contributed by atoms with Crippen LogP contribution < -0.4 is 15.6 Å². The van der Waals surface area contributed by atoms with Gasteiger partial charge in [-0.1, -0.05) is 59.7 Å². The molecular weight excluding hydrogens is 484 g/mol. The van der Waals surface area contributed by atoms with Crippen LogP contribution in [0.25, 0.3) is 10.4 Å². The lowest BCUT2D eigenvalue weighted by molar-refractivity contribution is -0.129. The zero-order valence-corrected chi connectivity index (χ0v) is 21.1. The molecule has 10 heteroatoms. The summed E-state index contributed by atoms with van der Waals surface area (Å²) in [5.74, 6) is 0.626. The van der Waals surface area contributed by atoms with Crippen LogP contribution in [0.3, 0.4) is 0 Å². The number of amides is 1. The molecule has 10 nitrogen and oxygen atoms in total. The maximum absolute atomic E-state index is 13.7. The number of hydrazine groups is 1. The van der Waals surface area contributed by atoms with Crippen molar-refractivity contribution < 1.29 is 19.4 Å². The highest BCUT2D eigenvalue weighted by Gasteiger charge is 2.50. The van der Waals surface area contributed by atoms with Crippen LogP contribution in [-0.4, -0.2) is 41.8 Å². The van der Waals surface area contributed by atoms with Crippen molar-refractivity contribution in [3.63, 3.8) is 0 Å². The summed E-state index contributed by atoms with van der Waals surface area (Å²) in [6.07, 6.45) is 0.0896. The van der Waals surface area contributed by atoms with Gasteiger partial charge in [-0.25, -0.2) is 10.4 Å². The van der Waals surface area contributed by atoms with Crippen LogP contribution in [0.4, 0.5) is 5.69 Å². The molecule has 0 aromatic heterocycles. The monoisotopic (exact) mass is 514 g/mol. The Hall–Kier alpha value is -4.37. The van der Waals surface area contributed by atoms with Crippen molar-refractivity contribution in [1.82, 2.24) is 10.9 Å². The number of nitrogens with one attached hydrogen (secondary N) is 2. The molecule has 0 saturated heterocycles. The van der Waals surface area contributed by atoms with E-state index in [2.05, 4.69) is 20.9 Å². The molecule has 1 heterocycles. The Bertz CT molecular complexity index is 1310. The fourth-order valence-corrected chi connectivity index (χ4v) is 4.17. The van der Waals surface area contributed by atoms with Crippen molar-refractivity contribution in [2.45, 2.75) is 38.0 Å². The summed E-state index contributed by atoms with van der Waals surface area (Å²) >= 11 is 0. The minimum Gasteiger partial charge on any atom is -0.494 e. The summed E-state index contributed by atoms with van der Waals surface area (Å²) in [5, 5.41) is 12.7. The zero-order valence-electron chi connectivity index (χ0n) is 21.1. The molecule has 0 aliphatic carbocycles. The molecule has 0 spiro atoms. The van der Waals surface area contributed by atoms with Gasteiger partial charge in [-0.05, 0) is 47.8 Å². The Labute approximate surface area is 220 Å². The molecule has 4 rings (SSSR count). The highest BCUT2D eigenvalue weighted by molar-refractivity contribution is 6.00. The molecule has 196 valence electrons. The lowest BCUT2D eigenvalue weighted by Crippen LogP contribution is -2.55. The van der Waals surface area contributed by atoms with Gasteiger partial charge in [-0.3, -0.25) is 10.2 Å². The SMILES string of the molecule is C[C@@H]1OC(c2ccc(OCCCO)cc2)=N[C@]1(Cc1ccccc1N=[N+]=[N-])C(=O)NNCc1ccccc1. The van der Waals surface area contributed by atoms with E-state index in [0.29, 0.717) is 48.0 Å². The van der Waals surface area contributed by atoms with Gasteiger partial charge < -0.3 is 14.6 Å². The number of benzene rings is 3. The molecule has 0 unspecified atom stereocenters. The summed E-state index contributed by atoms with van der Waals surface area (Å²) in [4.78, 5) is 21.5. The Balaban J connectivity index is 1.61. The first-order valence-electron chi connectivity index (χ1n) is 12.4. The first-order chi connectivity index (χ1) is 18.6. The number of azide groups is 1. The second-order valence-electron chi connectivity index (χ2n) is 8.84. The van der Waals surface area contributed by atoms with Crippen LogP contribution in [0.15, 0.2) is 89.0 Å². The van der Waals surface area contributed by atoms with Crippen molar-refractivity contribution in [3.8, 4) is 5.75 Å². The molecule has 0 saturated carbocycles. The van der Waals surface area contributed by atoms with Gasteiger partial charge in [0.15, 0.2) is 5.54 Å². The molecule has 1 aliphatic rings. The van der Waals surface area contributed by atoms with E-state index in [4.69, 9.17) is 25.1 Å². The summed E-state index contributed by atoms with van der Waals surface area (Å²) in [5.41, 5.74) is 16.3. The second kappa shape index (κ2) is 12.7. The maximum Gasteiger partial charge on any atom is 0.266 e. The standard InChI is InChI=1S/C28H30N6O4/c1-20-28(18-23-10-5-6-11-25(23)32-34-29,27(36)33-30-19-21-8-3-2-4-9-21)31-26(38-20)22-12-14-24(15-13-22)37-17-7-16-35/h2-6,8-15,20,30,35H,7,16-19H2,1H3,(H,33,36)/t20-,28-/m0/s1. The zero-order chi connectivity index (χ0) is 26.8. The van der Waals surface area contributed by atoms with Gasteiger partial charge in [0.05, 0.1) is 6.61 Å². The molecule has 3 N–H and O–H groups in total. The molecular formula is C28H30N6O4. The highest BCUT2D eigenvalue weighted by atomic mass is 16.5. The third-order valence-electron chi connectivity index (χ3n) is 6.27. The lowest BCUT2D eigenvalue weighted by atomic mass is 9.85. The Kier molecular flexibility index (Phi) is 8.94. The average molecular weight is 515 g/mol. The number of carbonyl (C=O) groups excluding carboxylic acids is 1. The fraction of sp³-hybridized carbons (Fsp3) is 0.286. The molecule has 2 atom stereocenters. The van der Waals surface area contributed by atoms with Crippen molar-refractivity contribution in [3.05, 3.63) is 106 Å². The topological polar surface area (TPSA) is 141 Å². The Morgan fingerprint density at radius 2 is 1.87 bits per heavy atom. The van der Waals surface area contributed by atoms with Gasteiger partial charge in [0, 0.05) is 42.2 Å². The van der Waals surface area contributed by atoms with Crippen LogP contribution in [-0.2, 0) is 22.5 Å². The van der Waals surface area contributed by atoms with E-state index in [1.54, 1.807) is 31.2 Å². The maximum atomic E-state index is 13.7. The predicted octanol–water partition coefficient (Wildman–Crippen LogP) is 4.36. The fourth-order valence-electron chi connectivity index (χ4n) is 4.17. The third-order valence-corrected chi connectivity index (χ3v) is 6.27. The number of rotatable bonds is 12. The van der Waals surface area contributed by atoms with E-state index in [-0.39, 0.29) is 18.9 Å². The molecule has 0 bridgehead atoms. The van der Waals surface area contributed by atoms with Crippen LogP contribution in [0.5, 0.6) is 5.75 Å². The molecule has 1 aliphatic heterocycles. The van der Waals surface area contributed by atoms with E-state index >= 15 is 0 Å². The Morgan fingerprint density at radius 1 is 1.13 bits per heavy atom. The van der Waals surface area contributed by atoms with Crippen LogP contribution >= 0.6 is 0 Å². The van der Waals surface area contributed by atoms with Gasteiger partial charge in [-0.15, -0.1) is 0 Å². The molecule has 3 aromatic rings. The Morgan fingerprint density at radius 3 is 2.61 bits per heavy atom. The number of nitrogens with zero attached hydrogens (tertiary/aromatic N) is 4. The van der Waals surface area contributed by atoms with E-state index < -0.39 is 11.6 Å². The number of carbonyl (C=O) groups is 1. The molecule has 1 amide bonds. The number of aliphatic hydroxyl groups excluding tert-OH is 1. The van der Waals surface area contributed by atoms with E-state index in [1.807, 2.05) is 54.6 Å². The first kappa shape index (κ1) is 26.7. The van der Waals surface area contributed by atoms with E-state index in [9.17, 15) is 4.79 Å². The van der Waals surface area contributed by atoms with E-state index in [0.717, 1.165) is 5.56 Å². The average Bonchev–Trinajstić information content (AvgIpc) is 3.28. The van der Waals surface area contributed by atoms with Gasteiger partial charge in [0.2, 0.25) is 5.90 Å². The van der Waals surface area contributed by atoms with E-state index in [1.165, 1.54) is 0 Å². The normalized spacial score (nSPS) is 18.2. The molecule has 0 fully saturated rings. The van der Waals surface area contributed by atoms with Crippen molar-refractivity contribution in [2.75, 3.05) is 13.2 Å². The number of aliphatic hydroxyl groups is 1. The van der Waals surface area contributed by atoms with Crippen LogP contribution in [0, 0.1) is 0 Å². The summed E-state index contributed by atoms with van der Waals surface area (Å²) in [7, 11) is 0. The number of aliphatic imine (C=N–C) groups is 1. The van der Waals surface area contributed by atoms with Gasteiger partial charge >= 0.3 is 0 Å². The first-order valence-corrected chi connectivity index (χ1v) is 12.4. The highest BCUT2D eigenvalue weighted by Crippen LogP contribution is 2.35. The van der Waals surface area contributed by atoms with Crippen LogP contribution in [0.2, 0.25) is 0 Å². The van der Waals surface area contributed by atoms with Crippen molar-refractivity contribution in [1.29, 1.82) is 0 Å². The number of hydrogen-bond acceptors (Lipinski definition) is 7. The molecule has 0 radical (unpaired) electrons. The van der Waals surface area contributed by atoms with Crippen molar-refractivity contribution >= 4 is 17.5 Å². The summed E-state index contributed by atoms with van der Waals surface area (Å²) in [6, 6.07) is 24.0. The van der Waals surface area contributed by atoms with Crippen molar-refractivity contribution in [2.24, 2.45) is 10.1 Å². The minimum absolute atomic E-state index is 0.0633. The summed E-state index contributed by atoms with van der Waals surface area (Å²) in [6.45, 7) is 2.71. The minimum atomic E-state index is -1.32. The third kappa shape index (κ3) is 6.30.